The van der Waals surface area contributed by atoms with Crippen LogP contribution in [0, 0.1) is 0 Å². The molecule has 0 saturated carbocycles. The number of benzene rings is 2. The summed E-state index contributed by atoms with van der Waals surface area (Å²) in [7, 11) is 1.63. The first-order valence-electron chi connectivity index (χ1n) is 5.36. The van der Waals surface area contributed by atoms with Crippen molar-refractivity contribution in [2.45, 2.75) is 0 Å². The number of hydrogen-bond donors (Lipinski definition) is 2. The van der Waals surface area contributed by atoms with E-state index >= 15 is 0 Å². The van der Waals surface area contributed by atoms with Gasteiger partial charge in [-0.2, -0.15) is 0 Å². The summed E-state index contributed by atoms with van der Waals surface area (Å²) in [5.74, 6) is 0.749. The van der Waals surface area contributed by atoms with Crippen molar-refractivity contribution in [1.82, 2.24) is 0 Å². The van der Waals surface area contributed by atoms with E-state index < -0.39 is 0 Å². The Hall–Kier alpha value is -0.720. The Morgan fingerprint density at radius 1 is 1.00 bits per heavy atom. The zero-order valence-electron chi connectivity index (χ0n) is 10.0. The number of nitrogens with one attached hydrogen (secondary N) is 1. The Labute approximate surface area is 136 Å². The van der Waals surface area contributed by atoms with E-state index in [0.717, 1.165) is 30.5 Å². The maximum atomic E-state index is 5.95. The van der Waals surface area contributed by atoms with Crippen LogP contribution in [0.5, 0.6) is 5.75 Å². The molecule has 0 heterocycles. The van der Waals surface area contributed by atoms with E-state index in [0.29, 0.717) is 5.69 Å². The predicted octanol–water partition coefficient (Wildman–Crippen LogP) is 5.31. The van der Waals surface area contributed by atoms with Gasteiger partial charge in [-0.05, 0) is 56.1 Å². The molecule has 0 aliphatic heterocycles. The van der Waals surface area contributed by atoms with Crippen molar-refractivity contribution in [3.8, 4) is 5.75 Å². The molecule has 3 nitrogen and oxygen atoms in total. The van der Waals surface area contributed by atoms with Crippen LogP contribution in [0.1, 0.15) is 0 Å². The maximum absolute atomic E-state index is 5.95. The van der Waals surface area contributed by atoms with Gasteiger partial charge in [-0.25, -0.2) is 0 Å². The fourth-order valence-electron chi connectivity index (χ4n) is 1.56. The van der Waals surface area contributed by atoms with Crippen LogP contribution < -0.4 is 15.8 Å². The average Bonchev–Trinajstić information content (AvgIpc) is 2.37. The van der Waals surface area contributed by atoms with Crippen LogP contribution in [0.25, 0.3) is 0 Å². The number of ether oxygens (including phenoxy) is 1. The minimum absolute atomic E-state index is 0.678. The lowest BCUT2D eigenvalue weighted by Crippen LogP contribution is -1.98. The van der Waals surface area contributed by atoms with E-state index in [4.69, 9.17) is 10.5 Å². The molecule has 0 bridgehead atoms. The molecule has 0 fully saturated rings. The van der Waals surface area contributed by atoms with Crippen LogP contribution in [-0.2, 0) is 0 Å². The highest BCUT2D eigenvalue weighted by molar-refractivity contribution is 9.11. The highest BCUT2D eigenvalue weighted by Crippen LogP contribution is 2.37. The molecule has 2 rings (SSSR count). The van der Waals surface area contributed by atoms with E-state index in [9.17, 15) is 0 Å². The van der Waals surface area contributed by atoms with Crippen LogP contribution in [-0.4, -0.2) is 7.11 Å². The zero-order chi connectivity index (χ0) is 14.0. The molecule has 0 aromatic heterocycles. The van der Waals surface area contributed by atoms with Gasteiger partial charge in [-0.15, -0.1) is 0 Å². The summed E-state index contributed by atoms with van der Waals surface area (Å²) in [6.45, 7) is 0. The van der Waals surface area contributed by atoms with Gasteiger partial charge in [-0.3, -0.25) is 0 Å². The fourth-order valence-corrected chi connectivity index (χ4v) is 3.18. The average molecular weight is 451 g/mol. The molecule has 6 heteroatoms. The highest BCUT2D eigenvalue weighted by atomic mass is 79.9. The number of halogens is 3. The van der Waals surface area contributed by atoms with Crippen molar-refractivity contribution < 1.29 is 4.74 Å². The molecule has 0 saturated heterocycles. The van der Waals surface area contributed by atoms with E-state index in [1.165, 1.54) is 0 Å². The van der Waals surface area contributed by atoms with Crippen molar-refractivity contribution in [2.75, 3.05) is 18.2 Å². The molecular formula is C13H11Br3N2O. The van der Waals surface area contributed by atoms with Gasteiger partial charge in [0.2, 0.25) is 0 Å². The second-order valence-electron chi connectivity index (χ2n) is 3.82. The summed E-state index contributed by atoms with van der Waals surface area (Å²) in [6.07, 6.45) is 0. The lowest BCUT2D eigenvalue weighted by molar-refractivity contribution is 0.412. The summed E-state index contributed by atoms with van der Waals surface area (Å²) in [5, 5.41) is 3.28. The SMILES string of the molecule is COc1cc(Nc2cc(Br)ccc2N)c(Br)cc1Br. The summed E-state index contributed by atoms with van der Waals surface area (Å²) >= 11 is 10.4. The van der Waals surface area contributed by atoms with Crippen LogP contribution >= 0.6 is 47.8 Å². The number of anilines is 3. The number of hydrogen-bond acceptors (Lipinski definition) is 3. The van der Waals surface area contributed by atoms with E-state index in [-0.39, 0.29) is 0 Å². The molecule has 0 aliphatic rings. The quantitative estimate of drug-likeness (QED) is 0.623. The largest absolute Gasteiger partial charge is 0.495 e. The number of nitrogens with two attached hydrogens (primary N) is 1. The predicted molar refractivity (Wildman–Crippen MR) is 90.2 cm³/mol. The fraction of sp³-hybridized carbons (Fsp3) is 0.0769. The van der Waals surface area contributed by atoms with Gasteiger partial charge in [0.05, 0.1) is 28.6 Å². The molecule has 3 N–H and O–H groups in total. The van der Waals surface area contributed by atoms with Gasteiger partial charge in [0.25, 0.3) is 0 Å². The molecular weight excluding hydrogens is 440 g/mol. The first-order chi connectivity index (χ1) is 9.01. The van der Waals surface area contributed by atoms with E-state index in [1.54, 1.807) is 7.11 Å². The van der Waals surface area contributed by atoms with E-state index in [1.807, 2.05) is 30.3 Å². The van der Waals surface area contributed by atoms with Crippen molar-refractivity contribution in [1.29, 1.82) is 0 Å². The van der Waals surface area contributed by atoms with E-state index in [2.05, 4.69) is 53.1 Å². The van der Waals surface area contributed by atoms with Gasteiger partial charge >= 0.3 is 0 Å². The van der Waals surface area contributed by atoms with Crippen LogP contribution in [0.3, 0.4) is 0 Å². The Kier molecular flexibility index (Phi) is 4.76. The molecule has 0 radical (unpaired) electrons. The maximum Gasteiger partial charge on any atom is 0.135 e. The lowest BCUT2D eigenvalue weighted by atomic mass is 10.2. The summed E-state index contributed by atoms with van der Waals surface area (Å²) < 4.78 is 8.05. The van der Waals surface area contributed by atoms with Crippen LogP contribution in [0.2, 0.25) is 0 Å². The second kappa shape index (κ2) is 6.15. The molecule has 0 amide bonds. The number of rotatable bonds is 3. The Bertz CT molecular complexity index is 617. The van der Waals surface area contributed by atoms with Crippen molar-refractivity contribution in [2.24, 2.45) is 0 Å². The topological polar surface area (TPSA) is 47.3 Å². The summed E-state index contributed by atoms with van der Waals surface area (Å²) in [5.41, 5.74) is 8.34. The van der Waals surface area contributed by atoms with Gasteiger partial charge in [0, 0.05) is 15.0 Å². The van der Waals surface area contributed by atoms with Gasteiger partial charge in [0.15, 0.2) is 0 Å². The Balaban J connectivity index is 2.40. The second-order valence-corrected chi connectivity index (χ2v) is 6.45. The first-order valence-corrected chi connectivity index (χ1v) is 7.74. The highest BCUT2D eigenvalue weighted by Gasteiger charge is 2.09. The molecule has 2 aromatic rings. The third-order valence-electron chi connectivity index (χ3n) is 2.53. The van der Waals surface area contributed by atoms with Gasteiger partial charge in [-0.1, -0.05) is 15.9 Å². The third-order valence-corrected chi connectivity index (χ3v) is 4.30. The molecule has 100 valence electrons. The number of nitrogen functional groups attached to an aromatic ring is 1. The first kappa shape index (κ1) is 14.7. The molecule has 0 spiro atoms. The van der Waals surface area contributed by atoms with Crippen LogP contribution in [0.4, 0.5) is 17.1 Å². The third kappa shape index (κ3) is 3.43. The lowest BCUT2D eigenvalue weighted by Gasteiger charge is -2.13. The molecule has 2 aromatic carbocycles. The summed E-state index contributed by atoms with van der Waals surface area (Å²) in [6, 6.07) is 9.49. The molecule has 19 heavy (non-hydrogen) atoms. The minimum Gasteiger partial charge on any atom is -0.495 e. The smallest absolute Gasteiger partial charge is 0.135 e. The number of methoxy groups -OCH3 is 1. The monoisotopic (exact) mass is 448 g/mol. The molecule has 0 aliphatic carbocycles. The normalized spacial score (nSPS) is 10.3. The standard InChI is InChI=1S/C13H11Br3N2O/c1-19-13-6-11(8(15)5-9(13)16)18-12-4-7(14)2-3-10(12)17/h2-6,18H,17H2,1H3. The van der Waals surface area contributed by atoms with Gasteiger partial charge in [0.1, 0.15) is 5.75 Å². The summed E-state index contributed by atoms with van der Waals surface area (Å²) in [4.78, 5) is 0. The Morgan fingerprint density at radius 3 is 2.42 bits per heavy atom. The zero-order valence-corrected chi connectivity index (χ0v) is 14.8. The van der Waals surface area contributed by atoms with Gasteiger partial charge < -0.3 is 15.8 Å². The van der Waals surface area contributed by atoms with Crippen molar-refractivity contribution in [3.05, 3.63) is 43.7 Å². The Morgan fingerprint density at radius 2 is 1.74 bits per heavy atom. The molecule has 0 unspecified atom stereocenters. The van der Waals surface area contributed by atoms with Crippen LogP contribution in [0.15, 0.2) is 43.7 Å². The van der Waals surface area contributed by atoms with Crippen molar-refractivity contribution in [3.63, 3.8) is 0 Å². The van der Waals surface area contributed by atoms with Crippen molar-refractivity contribution >= 4 is 64.9 Å². The molecule has 0 atom stereocenters. The minimum atomic E-state index is 0.678.